The fraction of sp³-hybridized carbons (Fsp3) is 0. The van der Waals surface area contributed by atoms with Crippen LogP contribution in [0.1, 0.15) is 0 Å². The van der Waals surface area contributed by atoms with Crippen LogP contribution in [0.4, 0.5) is 0 Å². The van der Waals surface area contributed by atoms with Crippen LogP contribution in [0, 0.1) is 0 Å². The summed E-state index contributed by atoms with van der Waals surface area (Å²) in [6, 6.07) is 15.9. The minimum absolute atomic E-state index is 0.802. The molecule has 0 aliphatic carbocycles. The third-order valence-electron chi connectivity index (χ3n) is 5.13. The van der Waals surface area contributed by atoms with E-state index in [9.17, 15) is 0 Å². The standard InChI is InChI=1S/C23H15N7/c1-2-8-25-18(5-1)19-11-17-21(13-27-19)29-30-22(17)20-10-16-15(6-9-26-23(16)28-20)14-4-3-7-24-12-14/h1-13H,(H,26,28)(H,29,30). The van der Waals surface area contributed by atoms with E-state index in [1.54, 1.807) is 24.8 Å². The number of H-pyrrole nitrogens is 2. The average Bonchev–Trinajstić information content (AvgIpc) is 3.43. The predicted octanol–water partition coefficient (Wildman–Crippen LogP) is 4.63. The molecule has 2 N–H and O–H groups in total. The van der Waals surface area contributed by atoms with Gasteiger partial charge in [0.1, 0.15) is 11.3 Å². The van der Waals surface area contributed by atoms with Crippen LogP contribution in [0.25, 0.3) is 55.8 Å². The molecule has 0 aromatic carbocycles. The smallest absolute Gasteiger partial charge is 0.138 e. The lowest BCUT2D eigenvalue weighted by molar-refractivity contribution is 1.11. The number of fused-ring (bicyclic) bond motifs is 2. The van der Waals surface area contributed by atoms with Crippen LogP contribution < -0.4 is 0 Å². The second-order valence-corrected chi connectivity index (χ2v) is 6.95. The second-order valence-electron chi connectivity index (χ2n) is 6.95. The number of pyridine rings is 4. The zero-order valence-corrected chi connectivity index (χ0v) is 15.7. The maximum atomic E-state index is 4.54. The molecule has 0 aliphatic heterocycles. The summed E-state index contributed by atoms with van der Waals surface area (Å²) >= 11 is 0. The molecule has 0 saturated carbocycles. The molecule has 0 amide bonds. The van der Waals surface area contributed by atoms with Gasteiger partial charge < -0.3 is 4.98 Å². The normalized spacial score (nSPS) is 11.3. The number of hydrogen-bond acceptors (Lipinski definition) is 5. The number of nitrogens with zero attached hydrogens (tertiary/aromatic N) is 5. The van der Waals surface area contributed by atoms with Crippen molar-refractivity contribution < 1.29 is 0 Å². The molecule has 0 unspecified atom stereocenters. The minimum Gasteiger partial charge on any atom is -0.338 e. The van der Waals surface area contributed by atoms with Crippen molar-refractivity contribution in [3.63, 3.8) is 0 Å². The van der Waals surface area contributed by atoms with Crippen LogP contribution in [0.15, 0.2) is 79.5 Å². The summed E-state index contributed by atoms with van der Waals surface area (Å²) in [5.41, 5.74) is 7.12. The van der Waals surface area contributed by atoms with Crippen LogP contribution in [-0.2, 0) is 0 Å². The van der Waals surface area contributed by atoms with Crippen LogP contribution in [-0.4, -0.2) is 35.1 Å². The van der Waals surface area contributed by atoms with E-state index in [-0.39, 0.29) is 0 Å². The number of aromatic amines is 2. The van der Waals surface area contributed by atoms with Gasteiger partial charge in [-0.15, -0.1) is 0 Å². The van der Waals surface area contributed by atoms with Gasteiger partial charge in [-0.3, -0.25) is 20.1 Å². The van der Waals surface area contributed by atoms with Gasteiger partial charge in [0.15, 0.2) is 0 Å². The third kappa shape index (κ3) is 2.64. The Kier molecular flexibility index (Phi) is 3.64. The van der Waals surface area contributed by atoms with Crippen molar-refractivity contribution in [2.75, 3.05) is 0 Å². The van der Waals surface area contributed by atoms with Gasteiger partial charge in [-0.05, 0) is 42.0 Å². The van der Waals surface area contributed by atoms with E-state index in [1.165, 1.54) is 0 Å². The fourth-order valence-corrected chi connectivity index (χ4v) is 3.70. The number of hydrogen-bond donors (Lipinski definition) is 2. The lowest BCUT2D eigenvalue weighted by atomic mass is 10.1. The molecule has 7 nitrogen and oxygen atoms in total. The Morgan fingerprint density at radius 1 is 0.733 bits per heavy atom. The Bertz CT molecular complexity index is 1480. The Labute approximate surface area is 170 Å². The highest BCUT2D eigenvalue weighted by atomic mass is 15.1. The topological polar surface area (TPSA) is 96.0 Å². The molecule has 0 spiro atoms. The predicted molar refractivity (Wildman–Crippen MR) is 115 cm³/mol. The maximum Gasteiger partial charge on any atom is 0.138 e. The average molecular weight is 389 g/mol. The largest absolute Gasteiger partial charge is 0.338 e. The van der Waals surface area contributed by atoms with E-state index in [2.05, 4.69) is 41.2 Å². The summed E-state index contributed by atoms with van der Waals surface area (Å²) in [4.78, 5) is 21.1. The Morgan fingerprint density at radius 2 is 1.73 bits per heavy atom. The van der Waals surface area contributed by atoms with E-state index in [4.69, 9.17) is 0 Å². The Morgan fingerprint density at radius 3 is 2.60 bits per heavy atom. The van der Waals surface area contributed by atoms with Crippen molar-refractivity contribution in [2.45, 2.75) is 0 Å². The molecule has 6 heterocycles. The highest BCUT2D eigenvalue weighted by molar-refractivity contribution is 6.00. The molecule has 6 aromatic heterocycles. The van der Waals surface area contributed by atoms with Gasteiger partial charge in [0, 0.05) is 41.1 Å². The highest BCUT2D eigenvalue weighted by Crippen LogP contribution is 2.33. The van der Waals surface area contributed by atoms with Gasteiger partial charge in [0.25, 0.3) is 0 Å². The van der Waals surface area contributed by atoms with Crippen LogP contribution in [0.2, 0.25) is 0 Å². The van der Waals surface area contributed by atoms with E-state index in [0.717, 1.165) is 55.8 Å². The first kappa shape index (κ1) is 16.6. The van der Waals surface area contributed by atoms with Crippen molar-refractivity contribution in [3.8, 4) is 33.9 Å². The summed E-state index contributed by atoms with van der Waals surface area (Å²) in [5, 5.41) is 9.61. The summed E-state index contributed by atoms with van der Waals surface area (Å²) < 4.78 is 0. The van der Waals surface area contributed by atoms with Crippen LogP contribution in [0.5, 0.6) is 0 Å². The molecule has 0 saturated heterocycles. The first-order valence-electron chi connectivity index (χ1n) is 9.51. The lowest BCUT2D eigenvalue weighted by Gasteiger charge is -2.01. The van der Waals surface area contributed by atoms with Crippen molar-refractivity contribution in [3.05, 3.63) is 79.5 Å². The van der Waals surface area contributed by atoms with Gasteiger partial charge in [-0.2, -0.15) is 5.10 Å². The molecule has 0 fully saturated rings. The van der Waals surface area contributed by atoms with E-state index in [0.29, 0.717) is 0 Å². The SMILES string of the molecule is c1ccc(-c2cc3c(-c4cc5c(-c6cccnc6)ccnc5[nH]4)n[nH]c3cn2)nc1. The summed E-state index contributed by atoms with van der Waals surface area (Å²) in [7, 11) is 0. The molecule has 0 aliphatic rings. The lowest BCUT2D eigenvalue weighted by Crippen LogP contribution is -1.86. The van der Waals surface area contributed by atoms with Crippen molar-refractivity contribution in [2.24, 2.45) is 0 Å². The van der Waals surface area contributed by atoms with Crippen molar-refractivity contribution in [1.29, 1.82) is 0 Å². The summed E-state index contributed by atoms with van der Waals surface area (Å²) in [5.74, 6) is 0. The summed E-state index contributed by atoms with van der Waals surface area (Å²) in [6.45, 7) is 0. The monoisotopic (exact) mass is 389 g/mol. The zero-order valence-electron chi connectivity index (χ0n) is 15.7. The molecule has 6 rings (SSSR count). The molecule has 6 aromatic rings. The van der Waals surface area contributed by atoms with E-state index in [1.807, 2.05) is 48.7 Å². The molecule has 0 bridgehead atoms. The minimum atomic E-state index is 0.802. The Balaban J connectivity index is 1.52. The molecule has 0 radical (unpaired) electrons. The zero-order chi connectivity index (χ0) is 19.9. The third-order valence-corrected chi connectivity index (χ3v) is 5.13. The number of aromatic nitrogens is 7. The van der Waals surface area contributed by atoms with Crippen molar-refractivity contribution in [1.82, 2.24) is 35.1 Å². The van der Waals surface area contributed by atoms with E-state index >= 15 is 0 Å². The van der Waals surface area contributed by atoms with Gasteiger partial charge in [0.2, 0.25) is 0 Å². The van der Waals surface area contributed by atoms with Gasteiger partial charge >= 0.3 is 0 Å². The molecule has 142 valence electrons. The second kappa shape index (κ2) is 6.59. The van der Waals surface area contributed by atoms with Crippen molar-refractivity contribution >= 4 is 21.9 Å². The molecule has 0 atom stereocenters. The highest BCUT2D eigenvalue weighted by Gasteiger charge is 2.15. The first-order valence-corrected chi connectivity index (χ1v) is 9.51. The molecule has 7 heteroatoms. The first-order chi connectivity index (χ1) is 14.9. The quantitative estimate of drug-likeness (QED) is 0.460. The molecular formula is C23H15N7. The van der Waals surface area contributed by atoms with Gasteiger partial charge in [-0.1, -0.05) is 12.1 Å². The van der Waals surface area contributed by atoms with Gasteiger partial charge in [-0.25, -0.2) is 4.98 Å². The maximum absolute atomic E-state index is 4.54. The number of nitrogens with one attached hydrogen (secondary N) is 2. The van der Waals surface area contributed by atoms with Gasteiger partial charge in [0.05, 0.1) is 28.8 Å². The summed E-state index contributed by atoms with van der Waals surface area (Å²) in [6.07, 6.45) is 8.99. The van der Waals surface area contributed by atoms with Crippen LogP contribution >= 0.6 is 0 Å². The molecule has 30 heavy (non-hydrogen) atoms. The van der Waals surface area contributed by atoms with E-state index < -0.39 is 0 Å². The Hall–Kier alpha value is -4.39. The molecular weight excluding hydrogens is 374 g/mol. The number of rotatable bonds is 3. The fourth-order valence-electron chi connectivity index (χ4n) is 3.70. The van der Waals surface area contributed by atoms with Crippen LogP contribution in [0.3, 0.4) is 0 Å².